The van der Waals surface area contributed by atoms with E-state index >= 15 is 0 Å². The average molecular weight is 267 g/mol. The van der Waals surface area contributed by atoms with Gasteiger partial charge in [-0.25, -0.2) is 0 Å². The molecule has 0 amide bonds. The van der Waals surface area contributed by atoms with Gasteiger partial charge in [0.2, 0.25) is 0 Å². The van der Waals surface area contributed by atoms with Crippen LogP contribution in [0.2, 0.25) is 0 Å². The summed E-state index contributed by atoms with van der Waals surface area (Å²) in [6.07, 6.45) is 2.05. The lowest BCUT2D eigenvalue weighted by molar-refractivity contribution is -0.149. The van der Waals surface area contributed by atoms with E-state index in [1.807, 2.05) is 20.8 Å². The number of esters is 1. The molecular formula is C14H21NO2S. The summed E-state index contributed by atoms with van der Waals surface area (Å²) in [5, 5.41) is 3.22. The summed E-state index contributed by atoms with van der Waals surface area (Å²) in [7, 11) is 0. The molecule has 0 heterocycles. The zero-order valence-corrected chi connectivity index (χ0v) is 12.3. The molecule has 0 saturated heterocycles. The van der Waals surface area contributed by atoms with E-state index in [0.29, 0.717) is 13.2 Å². The van der Waals surface area contributed by atoms with Gasteiger partial charge in [0.1, 0.15) is 5.54 Å². The van der Waals surface area contributed by atoms with E-state index in [1.54, 1.807) is 11.8 Å². The van der Waals surface area contributed by atoms with E-state index in [2.05, 4.69) is 35.8 Å². The highest BCUT2D eigenvalue weighted by Gasteiger charge is 2.28. The molecule has 0 aliphatic rings. The fraction of sp³-hybridized carbons (Fsp3) is 0.500. The van der Waals surface area contributed by atoms with Gasteiger partial charge < -0.3 is 4.74 Å². The summed E-state index contributed by atoms with van der Waals surface area (Å²) in [6.45, 7) is 6.55. The van der Waals surface area contributed by atoms with Crippen molar-refractivity contribution in [2.45, 2.75) is 37.8 Å². The summed E-state index contributed by atoms with van der Waals surface area (Å²) < 4.78 is 5.03. The Balaban J connectivity index is 2.55. The van der Waals surface area contributed by atoms with Crippen molar-refractivity contribution < 1.29 is 9.53 Å². The zero-order valence-electron chi connectivity index (χ0n) is 11.4. The normalized spacial score (nSPS) is 11.3. The number of hydrogen-bond acceptors (Lipinski definition) is 4. The molecule has 1 rings (SSSR count). The fourth-order valence-electron chi connectivity index (χ4n) is 1.45. The van der Waals surface area contributed by atoms with Crippen LogP contribution in [0.25, 0.3) is 0 Å². The Morgan fingerprint density at radius 3 is 2.44 bits per heavy atom. The number of benzene rings is 1. The number of rotatable bonds is 6. The molecule has 0 aliphatic carbocycles. The van der Waals surface area contributed by atoms with Gasteiger partial charge in [-0.3, -0.25) is 10.1 Å². The molecule has 0 saturated carbocycles. The van der Waals surface area contributed by atoms with Crippen molar-refractivity contribution in [1.82, 2.24) is 5.32 Å². The van der Waals surface area contributed by atoms with Gasteiger partial charge >= 0.3 is 5.97 Å². The second-order valence-corrected chi connectivity index (χ2v) is 5.43. The van der Waals surface area contributed by atoms with Crippen molar-refractivity contribution >= 4 is 17.7 Å². The van der Waals surface area contributed by atoms with Gasteiger partial charge in [0.15, 0.2) is 0 Å². The Morgan fingerprint density at radius 1 is 1.33 bits per heavy atom. The lowest BCUT2D eigenvalue weighted by atomic mass is 10.1. The smallest absolute Gasteiger partial charge is 0.325 e. The van der Waals surface area contributed by atoms with Crippen LogP contribution in [0.15, 0.2) is 29.2 Å². The standard InChI is InChI=1S/C14H21NO2S/c1-5-17-13(16)14(2,3)15-10-11-6-8-12(18-4)9-7-11/h6-9,15H,5,10H2,1-4H3. The van der Waals surface area contributed by atoms with E-state index in [4.69, 9.17) is 4.74 Å². The molecule has 3 nitrogen and oxygen atoms in total. The van der Waals surface area contributed by atoms with Crippen LogP contribution in [0.4, 0.5) is 0 Å². The first kappa shape index (κ1) is 15.1. The van der Waals surface area contributed by atoms with Gasteiger partial charge in [-0.2, -0.15) is 0 Å². The van der Waals surface area contributed by atoms with Crippen molar-refractivity contribution in [2.24, 2.45) is 0 Å². The average Bonchev–Trinajstić information content (AvgIpc) is 2.37. The topological polar surface area (TPSA) is 38.3 Å². The van der Waals surface area contributed by atoms with Crippen LogP contribution >= 0.6 is 11.8 Å². The SMILES string of the molecule is CCOC(=O)C(C)(C)NCc1ccc(SC)cc1. The molecule has 1 aromatic carbocycles. The molecule has 18 heavy (non-hydrogen) atoms. The van der Waals surface area contributed by atoms with Crippen molar-refractivity contribution in [3.05, 3.63) is 29.8 Å². The molecule has 1 N–H and O–H groups in total. The number of carbonyl (C=O) groups is 1. The maximum atomic E-state index is 11.7. The Labute approximate surface area is 113 Å². The lowest BCUT2D eigenvalue weighted by Crippen LogP contribution is -2.47. The molecular weight excluding hydrogens is 246 g/mol. The van der Waals surface area contributed by atoms with Gasteiger partial charge in [0.05, 0.1) is 6.61 Å². The Morgan fingerprint density at radius 2 is 1.94 bits per heavy atom. The molecule has 100 valence electrons. The Kier molecular flexibility index (Phi) is 5.69. The third-order valence-corrected chi connectivity index (χ3v) is 3.42. The van der Waals surface area contributed by atoms with Gasteiger partial charge in [-0.05, 0) is 44.7 Å². The zero-order chi connectivity index (χ0) is 13.6. The van der Waals surface area contributed by atoms with E-state index < -0.39 is 5.54 Å². The van der Waals surface area contributed by atoms with Crippen LogP contribution in [-0.2, 0) is 16.1 Å². The summed E-state index contributed by atoms with van der Waals surface area (Å²) in [5.74, 6) is -0.217. The molecule has 0 atom stereocenters. The minimum absolute atomic E-state index is 0.217. The lowest BCUT2D eigenvalue weighted by Gasteiger charge is -2.24. The van der Waals surface area contributed by atoms with Crippen LogP contribution in [-0.4, -0.2) is 24.4 Å². The largest absolute Gasteiger partial charge is 0.465 e. The van der Waals surface area contributed by atoms with Gasteiger partial charge in [0.25, 0.3) is 0 Å². The van der Waals surface area contributed by atoms with Crippen LogP contribution in [0.5, 0.6) is 0 Å². The predicted molar refractivity (Wildman–Crippen MR) is 75.8 cm³/mol. The van der Waals surface area contributed by atoms with Gasteiger partial charge in [0, 0.05) is 11.4 Å². The summed E-state index contributed by atoms with van der Waals surface area (Å²) in [5.41, 5.74) is 0.499. The summed E-state index contributed by atoms with van der Waals surface area (Å²) in [6, 6.07) is 8.30. The van der Waals surface area contributed by atoms with Crippen LogP contribution in [0.1, 0.15) is 26.3 Å². The number of nitrogens with one attached hydrogen (secondary N) is 1. The molecule has 0 fully saturated rings. The highest BCUT2D eigenvalue weighted by atomic mass is 32.2. The highest BCUT2D eigenvalue weighted by molar-refractivity contribution is 7.98. The minimum Gasteiger partial charge on any atom is -0.465 e. The molecule has 0 aliphatic heterocycles. The first-order chi connectivity index (χ1) is 8.49. The van der Waals surface area contributed by atoms with Crippen molar-refractivity contribution in [2.75, 3.05) is 12.9 Å². The number of hydrogen-bond donors (Lipinski definition) is 1. The second-order valence-electron chi connectivity index (χ2n) is 4.55. The van der Waals surface area contributed by atoms with Crippen molar-refractivity contribution in [1.29, 1.82) is 0 Å². The first-order valence-corrected chi connectivity index (χ1v) is 7.27. The van der Waals surface area contributed by atoms with Gasteiger partial charge in [-0.1, -0.05) is 12.1 Å². The molecule has 0 aromatic heterocycles. The van der Waals surface area contributed by atoms with Gasteiger partial charge in [-0.15, -0.1) is 11.8 Å². The highest BCUT2D eigenvalue weighted by Crippen LogP contribution is 2.15. The maximum absolute atomic E-state index is 11.7. The third-order valence-electron chi connectivity index (χ3n) is 2.68. The van der Waals surface area contributed by atoms with Crippen LogP contribution in [0.3, 0.4) is 0 Å². The fourth-order valence-corrected chi connectivity index (χ4v) is 1.86. The third kappa shape index (κ3) is 4.35. The number of ether oxygens (including phenoxy) is 1. The van der Waals surface area contributed by atoms with E-state index in [1.165, 1.54) is 4.90 Å². The predicted octanol–water partition coefficient (Wildman–Crippen LogP) is 2.84. The van der Waals surface area contributed by atoms with Crippen molar-refractivity contribution in [3.8, 4) is 0 Å². The number of thioether (sulfide) groups is 1. The van der Waals surface area contributed by atoms with Crippen LogP contribution in [0, 0.1) is 0 Å². The quantitative estimate of drug-likeness (QED) is 0.635. The van der Waals surface area contributed by atoms with Crippen molar-refractivity contribution in [3.63, 3.8) is 0 Å². The Hall–Kier alpha value is -1.00. The number of carbonyl (C=O) groups excluding carboxylic acids is 1. The van der Waals surface area contributed by atoms with Crippen LogP contribution < -0.4 is 5.32 Å². The summed E-state index contributed by atoms with van der Waals surface area (Å²) >= 11 is 1.72. The van der Waals surface area contributed by atoms with E-state index in [9.17, 15) is 4.79 Å². The monoisotopic (exact) mass is 267 g/mol. The molecule has 4 heteroatoms. The molecule has 1 aromatic rings. The molecule has 0 spiro atoms. The second kappa shape index (κ2) is 6.81. The molecule has 0 unspecified atom stereocenters. The maximum Gasteiger partial charge on any atom is 0.325 e. The van der Waals surface area contributed by atoms with E-state index in [0.717, 1.165) is 5.56 Å². The summed E-state index contributed by atoms with van der Waals surface area (Å²) in [4.78, 5) is 12.9. The molecule has 0 radical (unpaired) electrons. The van der Waals surface area contributed by atoms with E-state index in [-0.39, 0.29) is 5.97 Å². The molecule has 0 bridgehead atoms. The first-order valence-electron chi connectivity index (χ1n) is 6.04. The minimum atomic E-state index is -0.659. The Bertz CT molecular complexity index is 387.